The maximum absolute atomic E-state index is 13.4. The molecule has 46 heavy (non-hydrogen) atoms. The Labute approximate surface area is 273 Å². The SMILES string of the molecule is C=C(OC(C)(C)C(=O)OC1CCCC(/C=C(\OC(C)(C)C(=O)OC2CCCC2)C(=O)OC2CCCC2)C1)C(=O)OC1CCCCC1. The molecule has 4 aliphatic carbocycles. The van der Waals surface area contributed by atoms with E-state index in [0.717, 1.165) is 96.3 Å². The lowest BCUT2D eigenvalue weighted by molar-refractivity contribution is -0.175. The number of hydrogen-bond donors (Lipinski definition) is 0. The van der Waals surface area contributed by atoms with Crippen molar-refractivity contribution in [2.24, 2.45) is 5.92 Å². The number of allylic oxidation sites excluding steroid dienone is 1. The van der Waals surface area contributed by atoms with Crippen LogP contribution in [0.3, 0.4) is 0 Å². The number of carbonyl (C=O) groups is 4. The highest BCUT2D eigenvalue weighted by Crippen LogP contribution is 2.33. The van der Waals surface area contributed by atoms with E-state index in [9.17, 15) is 19.2 Å². The summed E-state index contributed by atoms with van der Waals surface area (Å²) in [4.78, 5) is 52.2. The molecule has 4 rings (SSSR count). The van der Waals surface area contributed by atoms with E-state index < -0.39 is 41.2 Å². The summed E-state index contributed by atoms with van der Waals surface area (Å²) in [6.45, 7) is 9.98. The molecular formula is C36H54O10. The highest BCUT2D eigenvalue weighted by Gasteiger charge is 2.40. The molecule has 0 heterocycles. The molecule has 2 atom stereocenters. The topological polar surface area (TPSA) is 124 Å². The monoisotopic (exact) mass is 646 g/mol. The van der Waals surface area contributed by atoms with Crippen LogP contribution in [-0.4, -0.2) is 59.5 Å². The molecule has 10 heteroatoms. The molecule has 0 N–H and O–H groups in total. The minimum atomic E-state index is -1.46. The molecule has 0 aromatic heterocycles. The second-order valence-electron chi connectivity index (χ2n) is 14.4. The van der Waals surface area contributed by atoms with Crippen molar-refractivity contribution in [2.45, 2.75) is 172 Å². The quantitative estimate of drug-likeness (QED) is 0.0901. The molecule has 4 fully saturated rings. The normalized spacial score (nSPS) is 23.8. The van der Waals surface area contributed by atoms with Crippen LogP contribution in [0.2, 0.25) is 0 Å². The fourth-order valence-corrected chi connectivity index (χ4v) is 6.71. The average Bonchev–Trinajstić information content (AvgIpc) is 3.72. The maximum Gasteiger partial charge on any atom is 0.373 e. The van der Waals surface area contributed by atoms with Crippen LogP contribution in [0.1, 0.15) is 137 Å². The summed E-state index contributed by atoms with van der Waals surface area (Å²) in [6, 6.07) is 0. The lowest BCUT2D eigenvalue weighted by Crippen LogP contribution is -2.41. The van der Waals surface area contributed by atoms with Gasteiger partial charge in [-0.05, 0) is 149 Å². The number of ether oxygens (including phenoxy) is 6. The van der Waals surface area contributed by atoms with Crippen LogP contribution in [0.4, 0.5) is 0 Å². The summed E-state index contributed by atoms with van der Waals surface area (Å²) in [5.41, 5.74) is -2.86. The van der Waals surface area contributed by atoms with Crippen molar-refractivity contribution in [1.29, 1.82) is 0 Å². The fraction of sp³-hybridized carbons (Fsp3) is 0.778. The zero-order chi connectivity index (χ0) is 33.3. The van der Waals surface area contributed by atoms with Crippen LogP contribution >= 0.6 is 0 Å². The van der Waals surface area contributed by atoms with Gasteiger partial charge in [-0.15, -0.1) is 0 Å². The summed E-state index contributed by atoms with van der Waals surface area (Å²) in [7, 11) is 0. The third-order valence-corrected chi connectivity index (χ3v) is 9.46. The molecule has 10 nitrogen and oxygen atoms in total. The Bertz CT molecular complexity index is 1120. The van der Waals surface area contributed by atoms with Gasteiger partial charge in [-0.3, -0.25) is 0 Å². The molecule has 258 valence electrons. The highest BCUT2D eigenvalue weighted by molar-refractivity contribution is 5.88. The van der Waals surface area contributed by atoms with Gasteiger partial charge in [0.05, 0.1) is 0 Å². The molecule has 0 radical (unpaired) electrons. The van der Waals surface area contributed by atoms with E-state index in [2.05, 4.69) is 6.58 Å². The van der Waals surface area contributed by atoms with Crippen LogP contribution in [0.5, 0.6) is 0 Å². The van der Waals surface area contributed by atoms with Gasteiger partial charge >= 0.3 is 23.9 Å². The predicted octanol–water partition coefficient (Wildman–Crippen LogP) is 6.92. The first-order valence-electron chi connectivity index (χ1n) is 17.5. The minimum Gasteiger partial charge on any atom is -0.469 e. The van der Waals surface area contributed by atoms with Crippen molar-refractivity contribution < 1.29 is 47.6 Å². The van der Waals surface area contributed by atoms with Gasteiger partial charge < -0.3 is 28.4 Å². The fourth-order valence-electron chi connectivity index (χ4n) is 6.71. The largest absolute Gasteiger partial charge is 0.469 e. The van der Waals surface area contributed by atoms with Crippen molar-refractivity contribution in [3.63, 3.8) is 0 Å². The molecule has 0 aromatic rings. The average molecular weight is 647 g/mol. The van der Waals surface area contributed by atoms with Crippen molar-refractivity contribution in [3.05, 3.63) is 24.2 Å². The van der Waals surface area contributed by atoms with E-state index in [1.54, 1.807) is 19.9 Å². The van der Waals surface area contributed by atoms with E-state index in [-0.39, 0.29) is 35.7 Å². The smallest absolute Gasteiger partial charge is 0.373 e. The molecule has 0 amide bonds. The zero-order valence-corrected chi connectivity index (χ0v) is 28.3. The number of rotatable bonds is 13. The molecule has 0 bridgehead atoms. The first-order valence-corrected chi connectivity index (χ1v) is 17.5. The van der Waals surface area contributed by atoms with Gasteiger partial charge in [-0.1, -0.05) is 6.42 Å². The Hall–Kier alpha value is -3.04. The second-order valence-corrected chi connectivity index (χ2v) is 14.4. The Kier molecular flexibility index (Phi) is 12.6. The Morgan fingerprint density at radius 1 is 0.543 bits per heavy atom. The van der Waals surface area contributed by atoms with Gasteiger partial charge in [0, 0.05) is 0 Å². The number of esters is 4. The van der Waals surface area contributed by atoms with Gasteiger partial charge in [0.1, 0.15) is 24.4 Å². The minimum absolute atomic E-state index is 0.0197. The maximum atomic E-state index is 13.4. The van der Waals surface area contributed by atoms with Crippen LogP contribution in [0.15, 0.2) is 24.2 Å². The zero-order valence-electron chi connectivity index (χ0n) is 28.3. The molecule has 0 aromatic carbocycles. The third-order valence-electron chi connectivity index (χ3n) is 9.46. The first-order chi connectivity index (χ1) is 21.8. The second kappa shape index (κ2) is 16.2. The van der Waals surface area contributed by atoms with Gasteiger partial charge in [-0.2, -0.15) is 0 Å². The standard InChI is InChI=1S/C36H54O10/c1-24(31(37)41-26-15-7-6-8-16-26)45-35(2,3)33(39)44-29-21-13-14-25(22-29)23-30(32(38)42-27-17-9-10-18-27)46-36(4,5)34(40)43-28-19-11-12-20-28/h23,25-29H,1,6-22H2,2-5H3/b30-23-. The number of hydrogen-bond acceptors (Lipinski definition) is 10. The van der Waals surface area contributed by atoms with Gasteiger partial charge in [0.15, 0.2) is 5.76 Å². The number of carbonyl (C=O) groups excluding carboxylic acids is 4. The van der Waals surface area contributed by atoms with E-state index >= 15 is 0 Å². The lowest BCUT2D eigenvalue weighted by atomic mass is 9.86. The lowest BCUT2D eigenvalue weighted by Gasteiger charge is -2.32. The summed E-state index contributed by atoms with van der Waals surface area (Å²) in [6.07, 6.45) is 15.5. The van der Waals surface area contributed by atoms with Crippen LogP contribution in [0.25, 0.3) is 0 Å². The van der Waals surface area contributed by atoms with Crippen LogP contribution < -0.4 is 0 Å². The third kappa shape index (κ3) is 10.5. The summed E-state index contributed by atoms with van der Waals surface area (Å²) >= 11 is 0. The van der Waals surface area contributed by atoms with Crippen molar-refractivity contribution >= 4 is 23.9 Å². The molecule has 4 saturated carbocycles. The summed E-state index contributed by atoms with van der Waals surface area (Å²) in [5, 5.41) is 0. The molecule has 0 saturated heterocycles. The van der Waals surface area contributed by atoms with E-state index in [4.69, 9.17) is 28.4 Å². The molecular weight excluding hydrogens is 592 g/mol. The Morgan fingerprint density at radius 3 is 1.54 bits per heavy atom. The first kappa shape index (κ1) is 35.8. The molecule has 0 aliphatic heterocycles. The predicted molar refractivity (Wildman–Crippen MR) is 169 cm³/mol. The van der Waals surface area contributed by atoms with E-state index in [1.807, 2.05) is 0 Å². The van der Waals surface area contributed by atoms with Crippen LogP contribution in [0, 0.1) is 5.92 Å². The molecule has 0 spiro atoms. The van der Waals surface area contributed by atoms with Crippen molar-refractivity contribution in [3.8, 4) is 0 Å². The summed E-state index contributed by atoms with van der Waals surface area (Å²) in [5.74, 6) is -2.81. The van der Waals surface area contributed by atoms with Crippen molar-refractivity contribution in [1.82, 2.24) is 0 Å². The van der Waals surface area contributed by atoms with Crippen LogP contribution in [-0.2, 0) is 47.6 Å². The van der Waals surface area contributed by atoms with E-state index in [0.29, 0.717) is 12.8 Å². The Balaban J connectivity index is 1.37. The summed E-state index contributed by atoms with van der Waals surface area (Å²) < 4.78 is 34.7. The highest BCUT2D eigenvalue weighted by atomic mass is 16.6. The molecule has 4 aliphatic rings. The van der Waals surface area contributed by atoms with Gasteiger partial charge in [-0.25, -0.2) is 19.2 Å². The van der Waals surface area contributed by atoms with Gasteiger partial charge in [0.25, 0.3) is 0 Å². The molecule has 2 unspecified atom stereocenters. The Morgan fingerprint density at radius 2 is 0.978 bits per heavy atom. The van der Waals surface area contributed by atoms with Crippen molar-refractivity contribution in [2.75, 3.05) is 0 Å². The van der Waals surface area contributed by atoms with Gasteiger partial charge in [0.2, 0.25) is 17.0 Å². The van der Waals surface area contributed by atoms with E-state index in [1.165, 1.54) is 13.8 Å².